The molecule has 0 saturated heterocycles. The molecule has 1 fully saturated rings. The number of nitrogens with zero attached hydrogens (tertiary/aromatic N) is 1. The molecule has 2 unspecified atom stereocenters. The molecule has 1 rings (SSSR count). The van der Waals surface area contributed by atoms with Crippen LogP contribution in [0.5, 0.6) is 0 Å². The van der Waals surface area contributed by atoms with Crippen LogP contribution in [0.4, 0.5) is 0 Å². The number of aliphatic hydroxyl groups excluding tert-OH is 1. The first-order chi connectivity index (χ1) is 8.13. The molecule has 1 aliphatic rings. The summed E-state index contributed by atoms with van der Waals surface area (Å²) in [7, 11) is 1.75. The molecular formula is C14H29NO2. The summed E-state index contributed by atoms with van der Waals surface area (Å²) >= 11 is 0. The van der Waals surface area contributed by atoms with E-state index in [0.29, 0.717) is 11.8 Å². The molecule has 3 heteroatoms. The van der Waals surface area contributed by atoms with E-state index >= 15 is 0 Å². The Labute approximate surface area is 106 Å². The zero-order valence-corrected chi connectivity index (χ0v) is 11.7. The molecule has 3 nitrogen and oxygen atoms in total. The van der Waals surface area contributed by atoms with E-state index in [9.17, 15) is 5.11 Å². The minimum atomic E-state index is -0.0824. The Hall–Kier alpha value is -0.120. The van der Waals surface area contributed by atoms with Gasteiger partial charge in [0.05, 0.1) is 12.7 Å². The largest absolute Gasteiger partial charge is 0.393 e. The Morgan fingerprint density at radius 1 is 1.29 bits per heavy atom. The van der Waals surface area contributed by atoms with Gasteiger partial charge in [0.1, 0.15) is 0 Å². The van der Waals surface area contributed by atoms with Gasteiger partial charge in [0, 0.05) is 26.7 Å². The number of ether oxygens (including phenoxy) is 1. The van der Waals surface area contributed by atoms with Gasteiger partial charge < -0.3 is 14.7 Å². The first kappa shape index (κ1) is 14.9. The van der Waals surface area contributed by atoms with Crippen molar-refractivity contribution in [3.63, 3.8) is 0 Å². The first-order valence-corrected chi connectivity index (χ1v) is 7.02. The van der Waals surface area contributed by atoms with Crippen LogP contribution in [0.15, 0.2) is 0 Å². The van der Waals surface area contributed by atoms with E-state index in [1.54, 1.807) is 7.11 Å². The zero-order valence-electron chi connectivity index (χ0n) is 11.7. The Balaban J connectivity index is 2.39. The Kier molecular flexibility index (Phi) is 7.09. The van der Waals surface area contributed by atoms with Crippen molar-refractivity contribution < 1.29 is 9.84 Å². The van der Waals surface area contributed by atoms with Crippen LogP contribution >= 0.6 is 0 Å². The lowest BCUT2D eigenvalue weighted by atomic mass is 9.86. The quantitative estimate of drug-likeness (QED) is 0.743. The molecule has 1 aliphatic carbocycles. The van der Waals surface area contributed by atoms with Crippen LogP contribution in [0.25, 0.3) is 0 Å². The van der Waals surface area contributed by atoms with Crippen LogP contribution in [-0.2, 0) is 4.74 Å². The third-order valence-electron chi connectivity index (χ3n) is 3.60. The standard InChI is InChI=1S/C14H29NO2/c1-12(2)10-15(8-9-17-3)11-13-6-4-5-7-14(13)16/h12-14,16H,4-11H2,1-3H3. The fraction of sp³-hybridized carbons (Fsp3) is 1.00. The van der Waals surface area contributed by atoms with Crippen LogP contribution in [0, 0.1) is 11.8 Å². The molecule has 0 radical (unpaired) electrons. The smallest absolute Gasteiger partial charge is 0.0589 e. The van der Waals surface area contributed by atoms with Gasteiger partial charge in [-0.05, 0) is 24.7 Å². The van der Waals surface area contributed by atoms with Crippen molar-refractivity contribution in [2.75, 3.05) is 33.4 Å². The summed E-state index contributed by atoms with van der Waals surface area (Å²) in [5.41, 5.74) is 0. The fourth-order valence-corrected chi connectivity index (χ4v) is 2.73. The summed E-state index contributed by atoms with van der Waals surface area (Å²) in [6.45, 7) is 8.40. The number of rotatable bonds is 7. The van der Waals surface area contributed by atoms with Crippen molar-refractivity contribution in [3.8, 4) is 0 Å². The van der Waals surface area contributed by atoms with Crippen LogP contribution in [0.3, 0.4) is 0 Å². The van der Waals surface area contributed by atoms with E-state index in [1.165, 1.54) is 19.3 Å². The second kappa shape index (κ2) is 8.06. The summed E-state index contributed by atoms with van der Waals surface area (Å²) in [6, 6.07) is 0. The SMILES string of the molecule is COCCN(CC(C)C)CC1CCCCC1O. The molecule has 0 aliphatic heterocycles. The minimum absolute atomic E-state index is 0.0824. The summed E-state index contributed by atoms with van der Waals surface area (Å²) in [6.07, 6.45) is 4.57. The average molecular weight is 243 g/mol. The molecule has 1 N–H and O–H groups in total. The molecule has 0 bridgehead atoms. The Morgan fingerprint density at radius 3 is 2.59 bits per heavy atom. The highest BCUT2D eigenvalue weighted by Gasteiger charge is 2.25. The number of hydrogen-bond donors (Lipinski definition) is 1. The lowest BCUT2D eigenvalue weighted by Gasteiger charge is -2.33. The summed E-state index contributed by atoms with van der Waals surface area (Å²) in [5.74, 6) is 1.15. The molecule has 0 amide bonds. The van der Waals surface area contributed by atoms with E-state index in [1.807, 2.05) is 0 Å². The van der Waals surface area contributed by atoms with Gasteiger partial charge in [0.15, 0.2) is 0 Å². The van der Waals surface area contributed by atoms with Gasteiger partial charge in [-0.25, -0.2) is 0 Å². The maximum Gasteiger partial charge on any atom is 0.0589 e. The predicted octanol–water partition coefficient (Wildman–Crippen LogP) is 2.14. The van der Waals surface area contributed by atoms with Gasteiger partial charge in [-0.2, -0.15) is 0 Å². The predicted molar refractivity (Wildman–Crippen MR) is 71.1 cm³/mol. The highest BCUT2D eigenvalue weighted by Crippen LogP contribution is 2.25. The Morgan fingerprint density at radius 2 is 2.00 bits per heavy atom. The number of hydrogen-bond acceptors (Lipinski definition) is 3. The lowest BCUT2D eigenvalue weighted by Crippen LogP contribution is -2.40. The van der Waals surface area contributed by atoms with Gasteiger partial charge in [0.25, 0.3) is 0 Å². The van der Waals surface area contributed by atoms with Crippen molar-refractivity contribution in [3.05, 3.63) is 0 Å². The maximum atomic E-state index is 10.0. The molecular weight excluding hydrogens is 214 g/mol. The van der Waals surface area contributed by atoms with Gasteiger partial charge in [0.2, 0.25) is 0 Å². The van der Waals surface area contributed by atoms with Gasteiger partial charge in [-0.1, -0.05) is 26.7 Å². The topological polar surface area (TPSA) is 32.7 Å². The van der Waals surface area contributed by atoms with Gasteiger partial charge in [-0.15, -0.1) is 0 Å². The molecule has 0 aromatic rings. The minimum Gasteiger partial charge on any atom is -0.393 e. The first-order valence-electron chi connectivity index (χ1n) is 7.02. The van der Waals surface area contributed by atoms with Crippen molar-refractivity contribution >= 4 is 0 Å². The third kappa shape index (κ3) is 5.84. The van der Waals surface area contributed by atoms with Crippen LogP contribution < -0.4 is 0 Å². The van der Waals surface area contributed by atoms with E-state index in [-0.39, 0.29) is 6.10 Å². The zero-order chi connectivity index (χ0) is 12.7. The third-order valence-corrected chi connectivity index (χ3v) is 3.60. The van der Waals surface area contributed by atoms with E-state index in [2.05, 4.69) is 18.7 Å². The monoisotopic (exact) mass is 243 g/mol. The van der Waals surface area contributed by atoms with Crippen molar-refractivity contribution in [2.45, 2.75) is 45.6 Å². The van der Waals surface area contributed by atoms with Crippen LogP contribution in [0.2, 0.25) is 0 Å². The molecule has 102 valence electrons. The maximum absolute atomic E-state index is 10.0. The van der Waals surface area contributed by atoms with Crippen molar-refractivity contribution in [2.24, 2.45) is 11.8 Å². The second-order valence-corrected chi connectivity index (χ2v) is 5.76. The highest BCUT2D eigenvalue weighted by atomic mass is 16.5. The molecule has 1 saturated carbocycles. The molecule has 0 aromatic heterocycles. The van der Waals surface area contributed by atoms with E-state index in [4.69, 9.17) is 4.74 Å². The number of aliphatic hydroxyl groups is 1. The van der Waals surface area contributed by atoms with E-state index in [0.717, 1.165) is 32.7 Å². The van der Waals surface area contributed by atoms with E-state index < -0.39 is 0 Å². The highest BCUT2D eigenvalue weighted by molar-refractivity contribution is 4.78. The molecule has 17 heavy (non-hydrogen) atoms. The molecule has 0 aromatic carbocycles. The molecule has 0 heterocycles. The second-order valence-electron chi connectivity index (χ2n) is 5.76. The summed E-state index contributed by atoms with van der Waals surface area (Å²) < 4.78 is 5.17. The van der Waals surface area contributed by atoms with Gasteiger partial charge >= 0.3 is 0 Å². The average Bonchev–Trinajstić information content (AvgIpc) is 2.28. The molecule has 2 atom stereocenters. The van der Waals surface area contributed by atoms with Crippen molar-refractivity contribution in [1.82, 2.24) is 4.90 Å². The summed E-state index contributed by atoms with van der Waals surface area (Å²) in [4.78, 5) is 2.45. The van der Waals surface area contributed by atoms with Crippen LogP contribution in [0.1, 0.15) is 39.5 Å². The van der Waals surface area contributed by atoms with Crippen molar-refractivity contribution in [1.29, 1.82) is 0 Å². The normalized spacial score (nSPS) is 25.8. The fourth-order valence-electron chi connectivity index (χ4n) is 2.73. The number of methoxy groups -OCH3 is 1. The lowest BCUT2D eigenvalue weighted by molar-refractivity contribution is 0.0373. The molecule has 0 spiro atoms. The van der Waals surface area contributed by atoms with Gasteiger partial charge in [-0.3, -0.25) is 0 Å². The Bertz CT molecular complexity index is 197. The summed E-state index contributed by atoms with van der Waals surface area (Å²) in [5, 5.41) is 10.0. The van der Waals surface area contributed by atoms with Crippen LogP contribution in [-0.4, -0.2) is 49.5 Å².